The lowest BCUT2D eigenvalue weighted by Gasteiger charge is -2.32. The molecule has 1 amide bonds. The number of hydrogen-bond acceptors (Lipinski definition) is 6. The molecule has 2 aromatic carbocycles. The first-order valence-electron chi connectivity index (χ1n) is 11.8. The van der Waals surface area contributed by atoms with Crippen molar-refractivity contribution in [2.24, 2.45) is 5.92 Å². The molecule has 8 heteroatoms. The molecule has 0 atom stereocenters. The smallest absolute Gasteiger partial charge is 0.293 e. The van der Waals surface area contributed by atoms with Crippen LogP contribution in [0.4, 0.5) is 5.82 Å². The SMILES string of the molecule is CCn1c(=O)c(N2CCC(C(=O)NCCc3ccc(OC)cc3OC)CC2)nc2ccccc21. The highest BCUT2D eigenvalue weighted by molar-refractivity contribution is 5.79. The van der Waals surface area contributed by atoms with Crippen LogP contribution in [0.3, 0.4) is 0 Å². The molecule has 180 valence electrons. The maximum Gasteiger partial charge on any atom is 0.293 e. The quantitative estimate of drug-likeness (QED) is 0.552. The van der Waals surface area contributed by atoms with E-state index in [-0.39, 0.29) is 17.4 Å². The first kappa shape index (κ1) is 23.6. The van der Waals surface area contributed by atoms with Crippen LogP contribution in [0.15, 0.2) is 47.3 Å². The lowest BCUT2D eigenvalue weighted by Crippen LogP contribution is -2.43. The van der Waals surface area contributed by atoms with E-state index >= 15 is 0 Å². The summed E-state index contributed by atoms with van der Waals surface area (Å²) >= 11 is 0. The van der Waals surface area contributed by atoms with Gasteiger partial charge in [-0.3, -0.25) is 9.59 Å². The van der Waals surface area contributed by atoms with E-state index in [2.05, 4.69) is 10.3 Å². The third kappa shape index (κ3) is 4.85. The fourth-order valence-corrected chi connectivity index (χ4v) is 4.58. The third-order valence-electron chi connectivity index (χ3n) is 6.50. The van der Waals surface area contributed by atoms with E-state index in [9.17, 15) is 9.59 Å². The number of amides is 1. The Balaban J connectivity index is 1.35. The molecule has 1 aliphatic heterocycles. The van der Waals surface area contributed by atoms with Crippen molar-refractivity contribution in [2.75, 3.05) is 38.8 Å². The number of methoxy groups -OCH3 is 2. The maximum absolute atomic E-state index is 13.1. The van der Waals surface area contributed by atoms with Crippen LogP contribution in [0.2, 0.25) is 0 Å². The number of nitrogens with one attached hydrogen (secondary N) is 1. The van der Waals surface area contributed by atoms with Crippen molar-refractivity contribution >= 4 is 22.8 Å². The Labute approximate surface area is 199 Å². The molecule has 0 unspecified atom stereocenters. The Bertz CT molecular complexity index is 1220. The summed E-state index contributed by atoms with van der Waals surface area (Å²) in [6.07, 6.45) is 2.06. The van der Waals surface area contributed by atoms with Gasteiger partial charge < -0.3 is 24.3 Å². The Morgan fingerprint density at radius 3 is 2.59 bits per heavy atom. The maximum atomic E-state index is 13.1. The molecule has 1 N–H and O–H groups in total. The molecule has 3 aromatic rings. The molecule has 1 fully saturated rings. The van der Waals surface area contributed by atoms with Crippen molar-refractivity contribution in [1.82, 2.24) is 14.9 Å². The fourth-order valence-electron chi connectivity index (χ4n) is 4.58. The number of piperidine rings is 1. The van der Waals surface area contributed by atoms with E-state index in [4.69, 9.17) is 9.47 Å². The molecule has 2 heterocycles. The van der Waals surface area contributed by atoms with Crippen LogP contribution in [0, 0.1) is 5.92 Å². The molecule has 0 radical (unpaired) electrons. The molecular formula is C26H32N4O4. The summed E-state index contributed by atoms with van der Waals surface area (Å²) < 4.78 is 12.4. The van der Waals surface area contributed by atoms with Crippen LogP contribution in [-0.2, 0) is 17.8 Å². The average Bonchev–Trinajstić information content (AvgIpc) is 2.88. The number of carbonyl (C=O) groups is 1. The molecule has 1 aliphatic rings. The van der Waals surface area contributed by atoms with Gasteiger partial charge in [0.15, 0.2) is 5.82 Å². The number of carbonyl (C=O) groups excluding carboxylic acids is 1. The molecule has 0 saturated carbocycles. The molecule has 1 saturated heterocycles. The summed E-state index contributed by atoms with van der Waals surface area (Å²) in [4.78, 5) is 32.5. The van der Waals surface area contributed by atoms with Crippen molar-refractivity contribution in [3.05, 3.63) is 58.4 Å². The Morgan fingerprint density at radius 2 is 1.88 bits per heavy atom. The molecular weight excluding hydrogens is 432 g/mol. The third-order valence-corrected chi connectivity index (χ3v) is 6.50. The van der Waals surface area contributed by atoms with Crippen LogP contribution in [-0.4, -0.2) is 49.3 Å². The van der Waals surface area contributed by atoms with E-state index in [1.54, 1.807) is 18.8 Å². The predicted molar refractivity (Wildman–Crippen MR) is 133 cm³/mol. The number of aromatic nitrogens is 2. The van der Waals surface area contributed by atoms with Crippen LogP contribution in [0.5, 0.6) is 11.5 Å². The highest BCUT2D eigenvalue weighted by atomic mass is 16.5. The predicted octanol–water partition coefficient (Wildman–Crippen LogP) is 3.01. The number of rotatable bonds is 8. The normalized spacial score (nSPS) is 14.3. The van der Waals surface area contributed by atoms with E-state index < -0.39 is 0 Å². The van der Waals surface area contributed by atoms with Gasteiger partial charge in [-0.05, 0) is 49.9 Å². The van der Waals surface area contributed by atoms with E-state index in [0.717, 1.165) is 28.1 Å². The molecule has 4 rings (SSSR count). The number of benzene rings is 2. The van der Waals surface area contributed by atoms with Gasteiger partial charge in [-0.2, -0.15) is 0 Å². The molecule has 0 aliphatic carbocycles. The number of para-hydroxylation sites is 2. The van der Waals surface area contributed by atoms with Gasteiger partial charge in [-0.25, -0.2) is 4.98 Å². The Morgan fingerprint density at radius 1 is 1.12 bits per heavy atom. The zero-order valence-electron chi connectivity index (χ0n) is 20.0. The fraction of sp³-hybridized carbons (Fsp3) is 0.423. The van der Waals surface area contributed by atoms with Gasteiger partial charge in [-0.1, -0.05) is 18.2 Å². The molecule has 0 spiro atoms. The van der Waals surface area contributed by atoms with E-state index in [1.807, 2.05) is 54.3 Å². The second kappa shape index (κ2) is 10.6. The average molecular weight is 465 g/mol. The largest absolute Gasteiger partial charge is 0.497 e. The second-order valence-corrected chi connectivity index (χ2v) is 8.45. The van der Waals surface area contributed by atoms with Crippen molar-refractivity contribution in [2.45, 2.75) is 32.7 Å². The summed E-state index contributed by atoms with van der Waals surface area (Å²) in [7, 11) is 3.25. The van der Waals surface area contributed by atoms with Crippen molar-refractivity contribution < 1.29 is 14.3 Å². The minimum atomic E-state index is -0.0717. The van der Waals surface area contributed by atoms with Crippen LogP contribution in [0.25, 0.3) is 11.0 Å². The molecule has 0 bridgehead atoms. The van der Waals surface area contributed by atoms with Gasteiger partial charge in [0, 0.05) is 38.2 Å². The highest BCUT2D eigenvalue weighted by Gasteiger charge is 2.27. The summed E-state index contributed by atoms with van der Waals surface area (Å²) in [6, 6.07) is 13.4. The van der Waals surface area contributed by atoms with E-state index in [0.29, 0.717) is 51.3 Å². The summed E-state index contributed by atoms with van der Waals surface area (Å²) in [5.41, 5.74) is 2.61. The van der Waals surface area contributed by atoms with Gasteiger partial charge in [0.2, 0.25) is 5.91 Å². The van der Waals surface area contributed by atoms with Gasteiger partial charge in [0.05, 0.1) is 25.3 Å². The van der Waals surface area contributed by atoms with E-state index in [1.165, 1.54) is 0 Å². The first-order chi connectivity index (χ1) is 16.5. The zero-order valence-corrected chi connectivity index (χ0v) is 20.0. The van der Waals surface area contributed by atoms with Gasteiger partial charge in [-0.15, -0.1) is 0 Å². The topological polar surface area (TPSA) is 85.7 Å². The number of fused-ring (bicyclic) bond motifs is 1. The Hall–Kier alpha value is -3.55. The van der Waals surface area contributed by atoms with Gasteiger partial charge in [0.25, 0.3) is 5.56 Å². The summed E-state index contributed by atoms with van der Waals surface area (Å²) in [5.74, 6) is 1.96. The number of nitrogens with zero attached hydrogens (tertiary/aromatic N) is 3. The molecule has 8 nitrogen and oxygen atoms in total. The van der Waals surface area contributed by atoms with Crippen LogP contribution >= 0.6 is 0 Å². The summed E-state index contributed by atoms with van der Waals surface area (Å²) in [6.45, 7) is 4.36. The number of anilines is 1. The van der Waals surface area contributed by atoms with Gasteiger partial charge >= 0.3 is 0 Å². The molecule has 1 aromatic heterocycles. The number of hydrogen-bond donors (Lipinski definition) is 1. The highest BCUT2D eigenvalue weighted by Crippen LogP contribution is 2.25. The number of ether oxygens (including phenoxy) is 2. The Kier molecular flexibility index (Phi) is 7.35. The standard InChI is InChI=1S/C26H32N4O4/c1-4-30-22-8-6-5-7-21(22)28-24(26(30)32)29-15-12-19(13-16-29)25(31)27-14-11-18-9-10-20(33-2)17-23(18)34-3/h5-10,17,19H,4,11-16H2,1-3H3,(H,27,31). The lowest BCUT2D eigenvalue weighted by molar-refractivity contribution is -0.125. The minimum Gasteiger partial charge on any atom is -0.497 e. The van der Waals surface area contributed by atoms with Gasteiger partial charge in [0.1, 0.15) is 11.5 Å². The zero-order chi connectivity index (χ0) is 24.1. The van der Waals surface area contributed by atoms with Crippen molar-refractivity contribution in [1.29, 1.82) is 0 Å². The van der Waals surface area contributed by atoms with Crippen LogP contribution in [0.1, 0.15) is 25.3 Å². The first-order valence-corrected chi connectivity index (χ1v) is 11.8. The van der Waals surface area contributed by atoms with Crippen LogP contribution < -0.4 is 25.2 Å². The second-order valence-electron chi connectivity index (χ2n) is 8.45. The monoisotopic (exact) mass is 464 g/mol. The number of aryl methyl sites for hydroxylation is 1. The minimum absolute atomic E-state index is 0.0598. The van der Waals surface area contributed by atoms with Crippen molar-refractivity contribution in [3.8, 4) is 11.5 Å². The lowest BCUT2D eigenvalue weighted by atomic mass is 9.96. The summed E-state index contributed by atoms with van der Waals surface area (Å²) in [5, 5.41) is 3.06. The molecule has 34 heavy (non-hydrogen) atoms. The van der Waals surface area contributed by atoms with Crippen molar-refractivity contribution in [3.63, 3.8) is 0 Å².